The molecule has 2 aliphatic heterocycles. The van der Waals surface area contributed by atoms with Gasteiger partial charge in [-0.15, -0.1) is 0 Å². The molecule has 13 nitrogen and oxygen atoms in total. The third-order valence-electron chi connectivity index (χ3n) is 12.5. The number of aromatic nitrogens is 3. The van der Waals surface area contributed by atoms with Gasteiger partial charge in [-0.05, 0) is 88.1 Å². The second-order valence-electron chi connectivity index (χ2n) is 18.8. The Morgan fingerprint density at radius 3 is 2.16 bits per heavy atom. The van der Waals surface area contributed by atoms with E-state index in [4.69, 9.17) is 38.3 Å². The summed E-state index contributed by atoms with van der Waals surface area (Å²) in [5.74, 6) is -0.918. The molecular weight excluding hydrogens is 906 g/mol. The van der Waals surface area contributed by atoms with Crippen LogP contribution in [0, 0.1) is 24.1 Å². The van der Waals surface area contributed by atoms with E-state index in [0.29, 0.717) is 46.7 Å². The predicted molar refractivity (Wildman–Crippen MR) is 249 cm³/mol. The van der Waals surface area contributed by atoms with Crippen LogP contribution in [-0.4, -0.2) is 63.7 Å². The molecular formula is C50H68F4N5O8P. The van der Waals surface area contributed by atoms with Crippen molar-refractivity contribution in [1.29, 1.82) is 5.26 Å². The van der Waals surface area contributed by atoms with Gasteiger partial charge in [0.05, 0.1) is 43.3 Å². The lowest BCUT2D eigenvalue weighted by atomic mass is 9.97. The number of nitrogens with two attached hydrogens (primary N) is 1. The molecule has 18 heteroatoms. The molecule has 374 valence electrons. The maximum absolute atomic E-state index is 14.9. The first-order valence-corrected chi connectivity index (χ1v) is 25.6. The molecule has 2 aromatic heterocycles. The highest BCUT2D eigenvalue weighted by Gasteiger charge is 2.62. The summed E-state index contributed by atoms with van der Waals surface area (Å²) in [5.41, 5.74) is 7.54. The summed E-state index contributed by atoms with van der Waals surface area (Å²) in [6.07, 6.45) is 9.18. The van der Waals surface area contributed by atoms with Crippen LogP contribution in [-0.2, 0) is 39.2 Å². The highest BCUT2D eigenvalue weighted by Crippen LogP contribution is 2.55. The standard InChI is InChI=1S/C50H68F4N5O8P/c1-36-22-19-20-24-43(36)67-68(60,63-34-49(4)46-45(64-48(2,3)66-46)44(65-49)41-25-26-42-47(56)57-35-58-59(41)42)62-33-40(61-32-38-28-37(31-55)29-39(51)30-38)23-18-16-14-12-10-8-6-5-7-9-11-13-15-17-21-27-50(52,53)54/h19-20,22,24-26,28-30,35,40,44-46H,5-18,21,23,27,32-34H2,1-4H3,(H2,56,57,58)/t40-,44+,45+,46+,49-,68?/m1/s1. The number of unbranched alkanes of at least 4 members (excludes halogenated alkanes) is 14. The van der Waals surface area contributed by atoms with Crippen molar-refractivity contribution in [2.75, 3.05) is 18.9 Å². The topological polar surface area (TPSA) is 162 Å². The Balaban J connectivity index is 1.05. The van der Waals surface area contributed by atoms with Crippen LogP contribution in [0.2, 0.25) is 0 Å². The normalized spacial score (nSPS) is 21.4. The van der Waals surface area contributed by atoms with Crippen molar-refractivity contribution in [2.24, 2.45) is 0 Å². The number of halogens is 4. The maximum Gasteiger partial charge on any atom is 0.530 e. The molecule has 0 saturated carbocycles. The molecule has 0 aliphatic carbocycles. The van der Waals surface area contributed by atoms with E-state index >= 15 is 0 Å². The zero-order valence-corrected chi connectivity index (χ0v) is 40.7. The van der Waals surface area contributed by atoms with Crippen molar-refractivity contribution in [3.05, 3.63) is 89.1 Å². The van der Waals surface area contributed by atoms with Gasteiger partial charge in [0.25, 0.3) is 0 Å². The van der Waals surface area contributed by atoms with Crippen molar-refractivity contribution in [3.8, 4) is 11.8 Å². The molecule has 0 radical (unpaired) electrons. The van der Waals surface area contributed by atoms with E-state index in [0.717, 1.165) is 76.7 Å². The molecule has 2 fully saturated rings. The number of nitriles is 1. The van der Waals surface area contributed by atoms with Gasteiger partial charge in [-0.2, -0.15) is 23.5 Å². The number of rotatable bonds is 29. The smallest absolute Gasteiger partial charge is 0.404 e. The van der Waals surface area contributed by atoms with Crippen molar-refractivity contribution < 1.29 is 54.6 Å². The lowest BCUT2D eigenvalue weighted by molar-refractivity contribution is -0.212. The summed E-state index contributed by atoms with van der Waals surface area (Å²) < 4.78 is 112. The minimum absolute atomic E-state index is 0.0132. The predicted octanol–water partition coefficient (Wildman–Crippen LogP) is 13.0. The number of benzene rings is 2. The van der Waals surface area contributed by atoms with Crippen LogP contribution in [0.3, 0.4) is 0 Å². The lowest BCUT2D eigenvalue weighted by Crippen LogP contribution is -2.44. The number of nitrogen functional groups attached to an aromatic ring is 1. The molecule has 2 saturated heterocycles. The molecule has 4 heterocycles. The molecule has 68 heavy (non-hydrogen) atoms. The molecule has 2 aliphatic rings. The number of aryl methyl sites for hydroxylation is 1. The van der Waals surface area contributed by atoms with Gasteiger partial charge in [-0.3, -0.25) is 9.05 Å². The van der Waals surface area contributed by atoms with E-state index in [1.165, 1.54) is 25.2 Å². The highest BCUT2D eigenvalue weighted by atomic mass is 31.2. The second kappa shape index (κ2) is 24.6. The molecule has 1 unspecified atom stereocenters. The Morgan fingerprint density at radius 2 is 1.51 bits per heavy atom. The van der Waals surface area contributed by atoms with Crippen LogP contribution in [0.25, 0.3) is 5.52 Å². The zero-order chi connectivity index (χ0) is 48.8. The van der Waals surface area contributed by atoms with E-state index in [9.17, 15) is 27.4 Å². The molecule has 0 bridgehead atoms. The molecule has 2 N–H and O–H groups in total. The van der Waals surface area contributed by atoms with Gasteiger partial charge in [-0.1, -0.05) is 108 Å². The second-order valence-corrected chi connectivity index (χ2v) is 20.4. The van der Waals surface area contributed by atoms with E-state index < -0.39 is 62.0 Å². The number of hydrogen-bond acceptors (Lipinski definition) is 12. The Bertz CT molecular complexity index is 2310. The van der Waals surface area contributed by atoms with Crippen LogP contribution in [0.4, 0.5) is 23.4 Å². The first kappa shape index (κ1) is 53.2. The first-order chi connectivity index (χ1) is 32.5. The summed E-state index contributed by atoms with van der Waals surface area (Å²) in [4.78, 5) is 4.10. The first-order valence-electron chi connectivity index (χ1n) is 24.1. The van der Waals surface area contributed by atoms with Crippen LogP contribution >= 0.6 is 7.82 Å². The van der Waals surface area contributed by atoms with Gasteiger partial charge >= 0.3 is 14.0 Å². The monoisotopic (exact) mass is 973 g/mol. The Hall–Kier alpha value is -4.14. The number of fused-ring (bicyclic) bond motifs is 2. The summed E-state index contributed by atoms with van der Waals surface area (Å²) in [5, 5.41) is 13.9. The summed E-state index contributed by atoms with van der Waals surface area (Å²) in [7, 11) is -4.44. The van der Waals surface area contributed by atoms with Crippen molar-refractivity contribution in [2.45, 2.75) is 185 Å². The number of hydrogen-bond donors (Lipinski definition) is 1. The third kappa shape index (κ3) is 15.7. The SMILES string of the molecule is Cc1ccccc1OP(=O)(OC[C@@H](CCCCCCCCCCCCCCCCCC(F)(F)F)OCc1cc(F)cc(C#N)c1)OC[C@@]1(C)O[C@@H](c2ccc3c(N)ncnn23)[C@@H]2OC(C)(C)O[C@@H]21. The fourth-order valence-corrected chi connectivity index (χ4v) is 10.3. The fourth-order valence-electron chi connectivity index (χ4n) is 8.91. The Morgan fingerprint density at radius 1 is 0.868 bits per heavy atom. The van der Waals surface area contributed by atoms with Crippen LogP contribution in [0.15, 0.2) is 60.9 Å². The quantitative estimate of drug-likeness (QED) is 0.0312. The fraction of sp³-hybridized carbons (Fsp3) is 0.620. The third-order valence-corrected chi connectivity index (χ3v) is 13.8. The number of ether oxygens (including phenoxy) is 4. The Labute approximate surface area is 397 Å². The minimum Gasteiger partial charge on any atom is -0.404 e. The van der Waals surface area contributed by atoms with E-state index in [2.05, 4.69) is 10.1 Å². The van der Waals surface area contributed by atoms with Crippen LogP contribution in [0.1, 0.15) is 158 Å². The molecule has 4 aromatic rings. The van der Waals surface area contributed by atoms with Gasteiger partial charge in [0.2, 0.25) is 0 Å². The van der Waals surface area contributed by atoms with Gasteiger partial charge in [0.1, 0.15) is 47.3 Å². The number of anilines is 1. The number of phosphoric acid groups is 1. The largest absolute Gasteiger partial charge is 0.530 e. The molecule has 2 aromatic carbocycles. The zero-order valence-electron chi connectivity index (χ0n) is 39.8. The number of alkyl halides is 3. The summed E-state index contributed by atoms with van der Waals surface area (Å²) in [6, 6.07) is 16.8. The van der Waals surface area contributed by atoms with Crippen molar-refractivity contribution >= 4 is 19.2 Å². The number of phosphoric ester groups is 1. The summed E-state index contributed by atoms with van der Waals surface area (Å²) >= 11 is 0. The van der Waals surface area contributed by atoms with Gasteiger partial charge in [0, 0.05) is 6.42 Å². The van der Waals surface area contributed by atoms with Crippen LogP contribution < -0.4 is 10.3 Å². The van der Waals surface area contributed by atoms with Crippen molar-refractivity contribution in [3.63, 3.8) is 0 Å². The van der Waals surface area contributed by atoms with Crippen LogP contribution in [0.5, 0.6) is 5.75 Å². The number of para-hydroxylation sites is 1. The van der Waals surface area contributed by atoms with Gasteiger partial charge in [-0.25, -0.2) is 18.5 Å². The van der Waals surface area contributed by atoms with E-state index in [1.54, 1.807) is 35.7 Å². The van der Waals surface area contributed by atoms with Crippen molar-refractivity contribution in [1.82, 2.24) is 14.6 Å². The lowest BCUT2D eigenvalue weighted by Gasteiger charge is -2.32. The average Bonchev–Trinajstić information content (AvgIpc) is 3.95. The molecule has 0 amide bonds. The van der Waals surface area contributed by atoms with Gasteiger partial charge in [0.15, 0.2) is 11.6 Å². The summed E-state index contributed by atoms with van der Waals surface area (Å²) in [6.45, 7) is 6.77. The molecule has 6 atom stereocenters. The number of nitrogens with zero attached hydrogens (tertiary/aromatic N) is 4. The minimum atomic E-state index is -4.44. The highest BCUT2D eigenvalue weighted by molar-refractivity contribution is 7.48. The molecule has 0 spiro atoms. The van der Waals surface area contributed by atoms with Gasteiger partial charge < -0.3 is 29.2 Å². The molecule has 6 rings (SSSR count). The van der Waals surface area contributed by atoms with E-state index in [-0.39, 0.29) is 31.8 Å². The average molecular weight is 974 g/mol. The Kier molecular flexibility index (Phi) is 19.3. The maximum atomic E-state index is 14.9. The van der Waals surface area contributed by atoms with E-state index in [1.807, 2.05) is 45.0 Å².